The molecule has 4 aromatic rings. The van der Waals surface area contributed by atoms with Gasteiger partial charge in [-0.15, -0.1) is 0 Å². The Morgan fingerprint density at radius 2 is 1.50 bits per heavy atom. The minimum atomic E-state index is -0.833. The molecule has 12 heteroatoms. The topological polar surface area (TPSA) is 122 Å². The van der Waals surface area contributed by atoms with Gasteiger partial charge in [0.2, 0.25) is 5.28 Å². The van der Waals surface area contributed by atoms with Crippen molar-refractivity contribution in [2.75, 3.05) is 27.2 Å². The van der Waals surface area contributed by atoms with Crippen LogP contribution in [-0.4, -0.2) is 100 Å². The third kappa shape index (κ3) is 10.0. The Labute approximate surface area is 255 Å². The molecule has 0 radical (unpaired) electrons. The number of imidazole rings is 1. The SMILES string of the molecule is CC(=O)O.CN(C)CCOC(c1ccccc1)c1ccccc1.Cn1c(=O)c2[nH]c(Cl)nc2n(C)c1=O.[CaH2]. The molecule has 0 atom stereocenters. The zero-order valence-corrected chi connectivity index (χ0v) is 22.3. The van der Waals surface area contributed by atoms with Crippen molar-refractivity contribution >= 4 is 66.5 Å². The van der Waals surface area contributed by atoms with Crippen molar-refractivity contribution < 1.29 is 14.6 Å². The van der Waals surface area contributed by atoms with E-state index in [9.17, 15) is 9.59 Å². The van der Waals surface area contributed by atoms with Gasteiger partial charge in [-0.1, -0.05) is 60.7 Å². The number of aliphatic carboxylic acids is 1. The molecule has 0 spiro atoms. The number of aryl methyl sites for hydroxylation is 1. The number of carboxylic acid groups (broad SMARTS) is 1. The number of carbonyl (C=O) groups is 1. The molecule has 0 saturated carbocycles. The van der Waals surface area contributed by atoms with Gasteiger partial charge in [-0.05, 0) is 36.8 Å². The predicted molar refractivity (Wildman–Crippen MR) is 153 cm³/mol. The molecule has 0 unspecified atom stereocenters. The second-order valence-corrected chi connectivity index (χ2v) is 8.68. The number of carboxylic acids is 1. The first-order chi connectivity index (χ1) is 17.5. The van der Waals surface area contributed by atoms with Crippen LogP contribution in [0.15, 0.2) is 70.3 Å². The summed E-state index contributed by atoms with van der Waals surface area (Å²) in [4.78, 5) is 40.5. The van der Waals surface area contributed by atoms with E-state index in [1.165, 1.54) is 29.8 Å². The maximum absolute atomic E-state index is 11.5. The molecule has 202 valence electrons. The van der Waals surface area contributed by atoms with Crippen LogP contribution in [0.25, 0.3) is 11.2 Å². The fourth-order valence-corrected chi connectivity index (χ4v) is 3.47. The minimum absolute atomic E-state index is 0. The van der Waals surface area contributed by atoms with Gasteiger partial charge in [0.15, 0.2) is 11.2 Å². The Kier molecular flexibility index (Phi) is 14.6. The van der Waals surface area contributed by atoms with E-state index in [-0.39, 0.29) is 60.3 Å². The quantitative estimate of drug-likeness (QED) is 0.268. The summed E-state index contributed by atoms with van der Waals surface area (Å²) in [5, 5.41) is 7.51. The third-order valence-corrected chi connectivity index (χ3v) is 5.27. The molecule has 0 aliphatic heterocycles. The fourth-order valence-electron chi connectivity index (χ4n) is 3.29. The first kappa shape index (κ1) is 33.6. The van der Waals surface area contributed by atoms with E-state index in [1.54, 1.807) is 0 Å². The van der Waals surface area contributed by atoms with Crippen LogP contribution in [0.2, 0.25) is 5.28 Å². The first-order valence-corrected chi connectivity index (χ1v) is 11.8. The van der Waals surface area contributed by atoms with E-state index in [1.807, 2.05) is 12.1 Å². The zero-order chi connectivity index (χ0) is 27.5. The van der Waals surface area contributed by atoms with Gasteiger partial charge >= 0.3 is 43.4 Å². The van der Waals surface area contributed by atoms with E-state index in [4.69, 9.17) is 26.2 Å². The zero-order valence-electron chi connectivity index (χ0n) is 21.5. The van der Waals surface area contributed by atoms with Gasteiger partial charge in [0.1, 0.15) is 6.10 Å². The van der Waals surface area contributed by atoms with Gasteiger partial charge in [0, 0.05) is 27.6 Å². The number of likely N-dealkylation sites (N-methyl/N-ethyl adjacent to an activating group) is 1. The molecular formula is C26H34CaClN5O5. The number of nitrogens with one attached hydrogen (secondary N) is 1. The second kappa shape index (κ2) is 16.5. The molecule has 0 aliphatic carbocycles. The Bertz CT molecular complexity index is 1360. The summed E-state index contributed by atoms with van der Waals surface area (Å²) < 4.78 is 8.34. The summed E-state index contributed by atoms with van der Waals surface area (Å²) in [7, 11) is 7.05. The van der Waals surface area contributed by atoms with Gasteiger partial charge < -0.3 is 19.7 Å². The van der Waals surface area contributed by atoms with E-state index in [0.717, 1.165) is 24.6 Å². The molecule has 0 bridgehead atoms. The van der Waals surface area contributed by atoms with E-state index < -0.39 is 17.2 Å². The Morgan fingerprint density at radius 1 is 1.03 bits per heavy atom. The number of H-pyrrole nitrogens is 1. The summed E-state index contributed by atoms with van der Waals surface area (Å²) in [6, 6.07) is 20.8. The van der Waals surface area contributed by atoms with Crippen LogP contribution in [0.5, 0.6) is 0 Å². The first-order valence-electron chi connectivity index (χ1n) is 11.4. The van der Waals surface area contributed by atoms with Crippen molar-refractivity contribution in [1.82, 2.24) is 24.0 Å². The fraction of sp³-hybridized carbons (Fsp3) is 0.308. The number of benzene rings is 2. The summed E-state index contributed by atoms with van der Waals surface area (Å²) >= 11 is 5.60. The Balaban J connectivity index is 0.000000336. The molecule has 38 heavy (non-hydrogen) atoms. The second-order valence-electron chi connectivity index (χ2n) is 8.33. The van der Waals surface area contributed by atoms with Gasteiger partial charge in [-0.3, -0.25) is 18.7 Å². The van der Waals surface area contributed by atoms with Crippen LogP contribution in [0.1, 0.15) is 24.2 Å². The molecule has 0 saturated heterocycles. The number of halogens is 1. The Morgan fingerprint density at radius 3 is 1.95 bits per heavy atom. The summed E-state index contributed by atoms with van der Waals surface area (Å²) in [6.07, 6.45) is 0.0161. The van der Waals surface area contributed by atoms with E-state index >= 15 is 0 Å². The average molecular weight is 572 g/mol. The molecule has 2 N–H and O–H groups in total. The molecule has 10 nitrogen and oxygen atoms in total. The molecule has 0 fully saturated rings. The third-order valence-electron chi connectivity index (χ3n) is 5.09. The maximum atomic E-state index is 11.5. The predicted octanol–water partition coefficient (Wildman–Crippen LogP) is 2.14. The number of ether oxygens (including phenoxy) is 1. The van der Waals surface area contributed by atoms with Crippen LogP contribution in [0, 0.1) is 0 Å². The van der Waals surface area contributed by atoms with Gasteiger partial charge in [-0.2, -0.15) is 4.98 Å². The molecule has 2 heterocycles. The van der Waals surface area contributed by atoms with Crippen molar-refractivity contribution in [3.05, 3.63) is 97.9 Å². The number of rotatable bonds is 6. The van der Waals surface area contributed by atoms with Crippen molar-refractivity contribution in [2.24, 2.45) is 14.1 Å². The van der Waals surface area contributed by atoms with Crippen LogP contribution < -0.4 is 11.2 Å². The molecule has 0 amide bonds. The van der Waals surface area contributed by atoms with Crippen LogP contribution in [-0.2, 0) is 23.6 Å². The Hall–Kier alpha value is -2.47. The average Bonchev–Trinajstić information content (AvgIpc) is 3.27. The molecule has 2 aromatic carbocycles. The van der Waals surface area contributed by atoms with Gasteiger partial charge in [0.25, 0.3) is 11.5 Å². The molecule has 0 aliphatic rings. The summed E-state index contributed by atoms with van der Waals surface area (Å²) in [5.41, 5.74) is 2.05. The van der Waals surface area contributed by atoms with Crippen molar-refractivity contribution in [3.63, 3.8) is 0 Å². The number of aromatic nitrogens is 4. The normalized spacial score (nSPS) is 10.3. The van der Waals surface area contributed by atoms with Crippen LogP contribution in [0.3, 0.4) is 0 Å². The number of hydrogen-bond donors (Lipinski definition) is 2. The number of hydrogen-bond acceptors (Lipinski definition) is 6. The summed E-state index contributed by atoms with van der Waals surface area (Å²) in [6.45, 7) is 2.73. The van der Waals surface area contributed by atoms with Gasteiger partial charge in [0.05, 0.1) is 6.61 Å². The van der Waals surface area contributed by atoms with Crippen molar-refractivity contribution in [1.29, 1.82) is 0 Å². The summed E-state index contributed by atoms with van der Waals surface area (Å²) in [5.74, 6) is -0.833. The van der Waals surface area contributed by atoms with Crippen molar-refractivity contribution in [3.8, 4) is 0 Å². The van der Waals surface area contributed by atoms with E-state index in [2.05, 4.69) is 77.5 Å². The molecule has 4 rings (SSSR count). The van der Waals surface area contributed by atoms with Crippen LogP contribution >= 0.6 is 11.6 Å². The van der Waals surface area contributed by atoms with Gasteiger partial charge in [-0.25, -0.2) is 4.79 Å². The molecule has 2 aromatic heterocycles. The standard InChI is InChI=1S/C17H21NO.C7H7ClN4O2.C2H4O2.Ca.2H/c1-18(2)13-14-19-17(15-9-5-3-6-10-15)16-11-7-4-8-12-16;1-11-4-3(9-6(8)10-4)5(13)12(2)7(11)14;1-2(3)4;;;/h3-12,17H,13-14H2,1-2H3;1-2H3,(H,9,10);1H3,(H,3,4);;;. The number of aromatic amines is 1. The molecular weight excluding hydrogens is 538 g/mol. The van der Waals surface area contributed by atoms with Crippen LogP contribution in [0.4, 0.5) is 0 Å². The number of fused-ring (bicyclic) bond motifs is 1. The van der Waals surface area contributed by atoms with E-state index in [0.29, 0.717) is 0 Å². The number of nitrogens with zero attached hydrogens (tertiary/aromatic N) is 4. The van der Waals surface area contributed by atoms with Crippen molar-refractivity contribution in [2.45, 2.75) is 13.0 Å². The monoisotopic (exact) mass is 571 g/mol.